The van der Waals surface area contributed by atoms with Gasteiger partial charge in [0.1, 0.15) is 37.1 Å². The van der Waals surface area contributed by atoms with E-state index in [1.165, 1.54) is 7.11 Å². The number of carbonyl (C=O) groups excluding carboxylic acids is 2. The van der Waals surface area contributed by atoms with Gasteiger partial charge in [0.25, 0.3) is 0 Å². The largest absolute Gasteiger partial charge is 0.467 e. The van der Waals surface area contributed by atoms with Crippen molar-refractivity contribution in [3.05, 3.63) is 35.9 Å². The summed E-state index contributed by atoms with van der Waals surface area (Å²) in [6.07, 6.45) is -7.16. The zero-order valence-corrected chi connectivity index (χ0v) is 16.0. The molecule has 0 aromatic heterocycles. The van der Waals surface area contributed by atoms with Gasteiger partial charge in [-0.3, -0.25) is 0 Å². The minimum atomic E-state index is -1.51. The molecule has 0 aliphatic carbocycles. The van der Waals surface area contributed by atoms with Crippen molar-refractivity contribution in [3.8, 4) is 0 Å². The van der Waals surface area contributed by atoms with E-state index in [1.54, 1.807) is 24.3 Å². The van der Waals surface area contributed by atoms with E-state index in [-0.39, 0.29) is 19.4 Å². The number of nitrogens with one attached hydrogen (secondary N) is 1. The molecule has 1 aromatic rings. The monoisotopic (exact) mass is 413 g/mol. The van der Waals surface area contributed by atoms with Crippen LogP contribution in [0.25, 0.3) is 0 Å². The van der Waals surface area contributed by atoms with Crippen molar-refractivity contribution in [2.75, 3.05) is 13.7 Å². The Balaban J connectivity index is 1.91. The molecule has 162 valence electrons. The quantitative estimate of drug-likeness (QED) is 0.340. The Labute approximate surface area is 168 Å². The first-order chi connectivity index (χ1) is 13.9. The average molecular weight is 413 g/mol. The van der Waals surface area contributed by atoms with Crippen LogP contribution in [-0.2, 0) is 25.6 Å². The molecule has 10 heteroatoms. The van der Waals surface area contributed by atoms with Gasteiger partial charge in [0.2, 0.25) is 0 Å². The van der Waals surface area contributed by atoms with Crippen molar-refractivity contribution < 1.29 is 44.2 Å². The number of esters is 1. The van der Waals surface area contributed by atoms with Crippen molar-refractivity contribution in [3.63, 3.8) is 0 Å². The molecule has 1 amide bonds. The Kier molecular flexibility index (Phi) is 8.80. The van der Waals surface area contributed by atoms with Gasteiger partial charge in [-0.05, 0) is 18.4 Å². The molecule has 1 fully saturated rings. The van der Waals surface area contributed by atoms with Gasteiger partial charge in [0.15, 0.2) is 0 Å². The molecule has 1 aromatic carbocycles. The summed E-state index contributed by atoms with van der Waals surface area (Å²) in [5.74, 6) is -0.716. The van der Waals surface area contributed by atoms with Crippen molar-refractivity contribution in [2.45, 2.75) is 56.0 Å². The lowest BCUT2D eigenvalue weighted by molar-refractivity contribution is -0.230. The molecule has 29 heavy (non-hydrogen) atoms. The first-order valence-electron chi connectivity index (χ1n) is 9.23. The molecule has 1 heterocycles. The first-order valence-corrected chi connectivity index (χ1v) is 9.23. The normalized spacial score (nSPS) is 27.7. The summed E-state index contributed by atoms with van der Waals surface area (Å²) in [4.78, 5) is 24.0. The third kappa shape index (κ3) is 6.38. The van der Waals surface area contributed by atoms with E-state index in [2.05, 4.69) is 10.1 Å². The summed E-state index contributed by atoms with van der Waals surface area (Å²) in [5, 5.41) is 41.4. The highest BCUT2D eigenvalue weighted by molar-refractivity contribution is 5.81. The van der Waals surface area contributed by atoms with Gasteiger partial charge in [-0.15, -0.1) is 0 Å². The molecule has 1 aliphatic rings. The number of carbonyl (C=O) groups is 2. The third-order valence-electron chi connectivity index (χ3n) is 4.72. The molecular weight excluding hydrogens is 386 g/mol. The van der Waals surface area contributed by atoms with E-state index in [9.17, 15) is 30.0 Å². The fraction of sp³-hybridized carbons (Fsp3) is 0.579. The van der Waals surface area contributed by atoms with Crippen LogP contribution in [0.1, 0.15) is 18.4 Å². The minimum Gasteiger partial charge on any atom is -0.467 e. The predicted molar refractivity (Wildman–Crippen MR) is 98.6 cm³/mol. The number of hydrogen-bond acceptors (Lipinski definition) is 9. The van der Waals surface area contributed by atoms with E-state index in [0.29, 0.717) is 0 Å². The zero-order chi connectivity index (χ0) is 21.4. The molecule has 0 bridgehead atoms. The second kappa shape index (κ2) is 11.1. The highest BCUT2D eigenvalue weighted by atomic mass is 16.6. The van der Waals surface area contributed by atoms with Crippen LogP contribution in [0.15, 0.2) is 30.3 Å². The number of aliphatic hydroxyl groups excluding tert-OH is 4. The van der Waals surface area contributed by atoms with Crippen LogP contribution in [-0.4, -0.2) is 82.8 Å². The summed E-state index contributed by atoms with van der Waals surface area (Å²) in [6, 6.07) is 7.92. The standard InChI is InChI=1S/C19H27NO9/c1-27-18(25)12(20-19(26)28-10-11-5-3-2-4-6-11)7-8-13-15(22)17(24)16(23)14(9-21)29-13/h2-6,12-17,21-24H,7-10H2,1H3,(H,20,26)/t12-,13-,14+,15-,16+,17+/m0/s1. The Morgan fingerprint density at radius 3 is 2.38 bits per heavy atom. The molecule has 10 nitrogen and oxygen atoms in total. The second-order valence-corrected chi connectivity index (χ2v) is 6.73. The number of rotatable bonds is 8. The Morgan fingerprint density at radius 1 is 1.10 bits per heavy atom. The van der Waals surface area contributed by atoms with Crippen molar-refractivity contribution >= 4 is 12.1 Å². The van der Waals surface area contributed by atoms with E-state index in [0.717, 1.165) is 5.56 Å². The van der Waals surface area contributed by atoms with E-state index in [1.807, 2.05) is 6.07 Å². The SMILES string of the molecule is COC(=O)[C@H](CC[C@@H]1O[C@H](CO)[C@@H](O)[C@H](O)[C@H]1O)NC(=O)OCc1ccccc1. The molecule has 0 unspecified atom stereocenters. The predicted octanol–water partition coefficient (Wildman–Crippen LogP) is -0.923. The summed E-state index contributed by atoms with van der Waals surface area (Å²) < 4.78 is 15.2. The van der Waals surface area contributed by atoms with Crippen molar-refractivity contribution in [1.29, 1.82) is 0 Å². The number of benzene rings is 1. The number of aliphatic hydroxyl groups is 4. The first kappa shape index (κ1) is 23.0. The average Bonchev–Trinajstić information content (AvgIpc) is 2.74. The Bertz CT molecular complexity index is 654. The lowest BCUT2D eigenvalue weighted by Gasteiger charge is -2.40. The van der Waals surface area contributed by atoms with Crippen LogP contribution in [0, 0.1) is 0 Å². The maximum Gasteiger partial charge on any atom is 0.408 e. The smallest absolute Gasteiger partial charge is 0.408 e. The molecule has 6 atom stereocenters. The molecule has 1 aliphatic heterocycles. The van der Waals surface area contributed by atoms with Crippen LogP contribution in [0.2, 0.25) is 0 Å². The number of amides is 1. The number of alkyl carbamates (subject to hydrolysis) is 1. The minimum absolute atomic E-state index is 0.00972. The lowest BCUT2D eigenvalue weighted by atomic mass is 9.92. The maximum atomic E-state index is 12.0. The highest BCUT2D eigenvalue weighted by Gasteiger charge is 2.43. The molecule has 0 radical (unpaired) electrons. The fourth-order valence-electron chi connectivity index (χ4n) is 3.05. The van der Waals surface area contributed by atoms with E-state index >= 15 is 0 Å². The summed E-state index contributed by atoms with van der Waals surface area (Å²) in [5.41, 5.74) is 0.776. The summed E-state index contributed by atoms with van der Waals surface area (Å²) >= 11 is 0. The van der Waals surface area contributed by atoms with Gasteiger partial charge in [-0.1, -0.05) is 30.3 Å². The van der Waals surface area contributed by atoms with Crippen LogP contribution >= 0.6 is 0 Å². The van der Waals surface area contributed by atoms with Gasteiger partial charge in [-0.2, -0.15) is 0 Å². The van der Waals surface area contributed by atoms with Crippen LogP contribution in [0.3, 0.4) is 0 Å². The van der Waals surface area contributed by atoms with Gasteiger partial charge in [0.05, 0.1) is 19.8 Å². The fourth-order valence-corrected chi connectivity index (χ4v) is 3.05. The molecule has 1 saturated heterocycles. The van der Waals surface area contributed by atoms with Crippen molar-refractivity contribution in [2.24, 2.45) is 0 Å². The number of ether oxygens (including phenoxy) is 3. The number of methoxy groups -OCH3 is 1. The zero-order valence-electron chi connectivity index (χ0n) is 16.0. The van der Waals surface area contributed by atoms with Crippen LogP contribution in [0.5, 0.6) is 0 Å². The maximum absolute atomic E-state index is 12.0. The van der Waals surface area contributed by atoms with Crippen LogP contribution < -0.4 is 5.32 Å². The second-order valence-electron chi connectivity index (χ2n) is 6.73. The molecule has 0 spiro atoms. The van der Waals surface area contributed by atoms with Gasteiger partial charge >= 0.3 is 12.1 Å². The Hall–Kier alpha value is -2.24. The highest BCUT2D eigenvalue weighted by Crippen LogP contribution is 2.24. The Morgan fingerprint density at radius 2 is 1.76 bits per heavy atom. The van der Waals surface area contributed by atoms with Crippen molar-refractivity contribution in [1.82, 2.24) is 5.32 Å². The molecule has 2 rings (SSSR count). The number of hydrogen-bond donors (Lipinski definition) is 5. The van der Waals surface area contributed by atoms with E-state index in [4.69, 9.17) is 9.47 Å². The lowest BCUT2D eigenvalue weighted by Crippen LogP contribution is -2.58. The summed E-state index contributed by atoms with van der Waals surface area (Å²) in [7, 11) is 1.17. The topological polar surface area (TPSA) is 155 Å². The van der Waals surface area contributed by atoms with E-state index < -0.39 is 55.2 Å². The molecule has 5 N–H and O–H groups in total. The summed E-state index contributed by atoms with van der Waals surface area (Å²) in [6.45, 7) is -0.529. The third-order valence-corrected chi connectivity index (χ3v) is 4.72. The van der Waals surface area contributed by atoms with Gasteiger partial charge in [-0.25, -0.2) is 9.59 Å². The van der Waals surface area contributed by atoms with Crippen LogP contribution in [0.4, 0.5) is 4.79 Å². The molecule has 0 saturated carbocycles. The van der Waals surface area contributed by atoms with Gasteiger partial charge < -0.3 is 40.0 Å². The van der Waals surface area contributed by atoms with Gasteiger partial charge in [0, 0.05) is 0 Å². The molecular formula is C19H27NO9.